The maximum Gasteiger partial charge on any atom is 0.133 e. The monoisotopic (exact) mass is 253 g/mol. The number of nitrogens with zero attached hydrogens (tertiary/aromatic N) is 2. The summed E-state index contributed by atoms with van der Waals surface area (Å²) < 4.78 is 0. The lowest BCUT2D eigenvalue weighted by atomic mass is 9.94. The van der Waals surface area contributed by atoms with E-state index in [0.29, 0.717) is 5.92 Å². The van der Waals surface area contributed by atoms with E-state index in [1.54, 1.807) is 6.20 Å². The van der Waals surface area contributed by atoms with Gasteiger partial charge in [-0.15, -0.1) is 0 Å². The fourth-order valence-corrected chi connectivity index (χ4v) is 2.71. The van der Waals surface area contributed by atoms with E-state index >= 15 is 0 Å². The highest BCUT2D eigenvalue weighted by Crippen LogP contribution is 2.34. The number of benzene rings is 1. The van der Waals surface area contributed by atoms with Gasteiger partial charge in [-0.05, 0) is 42.5 Å². The maximum atomic E-state index is 5.86. The number of anilines is 3. The van der Waals surface area contributed by atoms with E-state index in [9.17, 15) is 0 Å². The zero-order valence-corrected chi connectivity index (χ0v) is 11.4. The number of nitrogen functional groups attached to an aromatic ring is 1. The van der Waals surface area contributed by atoms with Gasteiger partial charge in [0, 0.05) is 12.2 Å². The summed E-state index contributed by atoms with van der Waals surface area (Å²) in [6, 6.07) is 10.7. The SMILES string of the molecule is Cc1cc(N2CC(C)Cc3ccccc32)ncc1N. The molecule has 1 aliphatic rings. The van der Waals surface area contributed by atoms with E-state index in [4.69, 9.17) is 5.73 Å². The van der Waals surface area contributed by atoms with Crippen LogP contribution in [0.3, 0.4) is 0 Å². The van der Waals surface area contributed by atoms with E-state index in [-0.39, 0.29) is 0 Å². The number of aromatic nitrogens is 1. The van der Waals surface area contributed by atoms with Crippen molar-refractivity contribution in [3.8, 4) is 0 Å². The van der Waals surface area contributed by atoms with Gasteiger partial charge in [0.2, 0.25) is 0 Å². The minimum absolute atomic E-state index is 0.634. The molecule has 0 fully saturated rings. The average Bonchev–Trinajstić information content (AvgIpc) is 2.41. The number of aryl methyl sites for hydroxylation is 1. The van der Waals surface area contributed by atoms with Crippen LogP contribution in [0.2, 0.25) is 0 Å². The standard InChI is InChI=1S/C16H19N3/c1-11-7-13-5-3-4-6-15(13)19(10-11)16-8-12(2)14(17)9-18-16/h3-6,8-9,11H,7,10,17H2,1-2H3. The summed E-state index contributed by atoms with van der Waals surface area (Å²) in [5, 5.41) is 0. The molecule has 3 heteroatoms. The Morgan fingerprint density at radius 1 is 1.32 bits per heavy atom. The molecule has 1 aliphatic heterocycles. The molecule has 1 aromatic carbocycles. The molecule has 0 aliphatic carbocycles. The van der Waals surface area contributed by atoms with Crippen molar-refractivity contribution in [1.82, 2.24) is 4.98 Å². The van der Waals surface area contributed by atoms with Gasteiger partial charge in [0.25, 0.3) is 0 Å². The van der Waals surface area contributed by atoms with Crippen molar-refractivity contribution in [2.75, 3.05) is 17.2 Å². The molecule has 98 valence electrons. The molecule has 0 spiro atoms. The number of nitrogens with two attached hydrogens (primary N) is 1. The Kier molecular flexibility index (Phi) is 2.90. The first kappa shape index (κ1) is 12.0. The zero-order chi connectivity index (χ0) is 13.4. The Bertz CT molecular complexity index is 607. The molecule has 1 aromatic heterocycles. The third-order valence-electron chi connectivity index (χ3n) is 3.76. The van der Waals surface area contributed by atoms with E-state index < -0.39 is 0 Å². The van der Waals surface area contributed by atoms with E-state index in [2.05, 4.69) is 47.1 Å². The normalized spacial score (nSPS) is 18.2. The van der Waals surface area contributed by atoms with Crippen LogP contribution in [0, 0.1) is 12.8 Å². The minimum atomic E-state index is 0.634. The third-order valence-corrected chi connectivity index (χ3v) is 3.76. The van der Waals surface area contributed by atoms with Crippen LogP contribution < -0.4 is 10.6 Å². The minimum Gasteiger partial charge on any atom is -0.397 e. The summed E-state index contributed by atoms with van der Waals surface area (Å²) in [6.07, 6.45) is 2.90. The van der Waals surface area contributed by atoms with Gasteiger partial charge in [-0.1, -0.05) is 25.1 Å². The molecule has 3 rings (SSSR count). The molecular weight excluding hydrogens is 234 g/mol. The van der Waals surface area contributed by atoms with Gasteiger partial charge in [-0.25, -0.2) is 4.98 Å². The molecule has 1 atom stereocenters. The summed E-state index contributed by atoms with van der Waals surface area (Å²) >= 11 is 0. The van der Waals surface area contributed by atoms with Gasteiger partial charge >= 0.3 is 0 Å². The van der Waals surface area contributed by atoms with E-state index in [1.807, 2.05) is 6.92 Å². The first-order valence-corrected chi connectivity index (χ1v) is 6.72. The van der Waals surface area contributed by atoms with Crippen LogP contribution in [0.1, 0.15) is 18.1 Å². The second-order valence-corrected chi connectivity index (χ2v) is 5.45. The summed E-state index contributed by atoms with van der Waals surface area (Å²) in [5.74, 6) is 1.63. The van der Waals surface area contributed by atoms with Crippen molar-refractivity contribution in [2.45, 2.75) is 20.3 Å². The molecule has 19 heavy (non-hydrogen) atoms. The van der Waals surface area contributed by atoms with Crippen molar-refractivity contribution in [3.05, 3.63) is 47.7 Å². The third kappa shape index (κ3) is 2.16. The zero-order valence-electron chi connectivity index (χ0n) is 11.4. The fraction of sp³-hybridized carbons (Fsp3) is 0.312. The van der Waals surface area contributed by atoms with Gasteiger partial charge in [0.15, 0.2) is 0 Å². The number of pyridine rings is 1. The van der Waals surface area contributed by atoms with Crippen molar-refractivity contribution < 1.29 is 0 Å². The summed E-state index contributed by atoms with van der Waals surface area (Å²) in [4.78, 5) is 6.80. The number of fused-ring (bicyclic) bond motifs is 1. The number of hydrogen-bond donors (Lipinski definition) is 1. The van der Waals surface area contributed by atoms with Crippen LogP contribution in [-0.2, 0) is 6.42 Å². The molecule has 2 N–H and O–H groups in total. The molecule has 0 saturated carbocycles. The van der Waals surface area contributed by atoms with Crippen LogP contribution in [0.15, 0.2) is 36.5 Å². The highest BCUT2D eigenvalue weighted by atomic mass is 15.2. The molecular formula is C16H19N3. The van der Waals surface area contributed by atoms with Crippen LogP contribution in [-0.4, -0.2) is 11.5 Å². The second-order valence-electron chi connectivity index (χ2n) is 5.45. The predicted molar refractivity (Wildman–Crippen MR) is 79.7 cm³/mol. The van der Waals surface area contributed by atoms with Crippen molar-refractivity contribution in [3.63, 3.8) is 0 Å². The number of para-hydroxylation sites is 1. The molecule has 0 amide bonds. The number of rotatable bonds is 1. The predicted octanol–water partition coefficient (Wildman–Crippen LogP) is 3.30. The van der Waals surface area contributed by atoms with E-state index in [0.717, 1.165) is 30.0 Å². The highest BCUT2D eigenvalue weighted by molar-refractivity contribution is 5.67. The highest BCUT2D eigenvalue weighted by Gasteiger charge is 2.23. The molecule has 3 nitrogen and oxygen atoms in total. The van der Waals surface area contributed by atoms with Crippen molar-refractivity contribution in [2.24, 2.45) is 5.92 Å². The Morgan fingerprint density at radius 3 is 2.89 bits per heavy atom. The molecule has 0 radical (unpaired) electrons. The molecule has 2 heterocycles. The van der Waals surface area contributed by atoms with Crippen LogP contribution >= 0.6 is 0 Å². The van der Waals surface area contributed by atoms with Gasteiger partial charge in [-0.2, -0.15) is 0 Å². The quantitative estimate of drug-likeness (QED) is 0.848. The second kappa shape index (κ2) is 4.57. The summed E-state index contributed by atoms with van der Waals surface area (Å²) in [5.41, 5.74) is 10.4. The summed E-state index contributed by atoms with van der Waals surface area (Å²) in [7, 11) is 0. The Morgan fingerprint density at radius 2 is 2.11 bits per heavy atom. The number of hydrogen-bond acceptors (Lipinski definition) is 3. The lowest BCUT2D eigenvalue weighted by Gasteiger charge is -2.34. The Hall–Kier alpha value is -2.03. The first-order chi connectivity index (χ1) is 9.15. The van der Waals surface area contributed by atoms with Gasteiger partial charge in [-0.3, -0.25) is 0 Å². The average molecular weight is 253 g/mol. The van der Waals surface area contributed by atoms with E-state index in [1.165, 1.54) is 11.3 Å². The lowest BCUT2D eigenvalue weighted by molar-refractivity contribution is 0.560. The molecule has 2 aromatic rings. The van der Waals surface area contributed by atoms with Crippen LogP contribution in [0.4, 0.5) is 17.2 Å². The lowest BCUT2D eigenvalue weighted by Crippen LogP contribution is -2.31. The van der Waals surface area contributed by atoms with Crippen LogP contribution in [0.5, 0.6) is 0 Å². The van der Waals surface area contributed by atoms with Gasteiger partial charge in [0.1, 0.15) is 5.82 Å². The summed E-state index contributed by atoms with van der Waals surface area (Å²) in [6.45, 7) is 5.32. The molecule has 1 unspecified atom stereocenters. The molecule has 0 saturated heterocycles. The van der Waals surface area contributed by atoms with Gasteiger partial charge < -0.3 is 10.6 Å². The largest absolute Gasteiger partial charge is 0.397 e. The topological polar surface area (TPSA) is 42.2 Å². The van der Waals surface area contributed by atoms with Gasteiger partial charge in [0.05, 0.1) is 11.9 Å². The first-order valence-electron chi connectivity index (χ1n) is 6.72. The van der Waals surface area contributed by atoms with Crippen molar-refractivity contribution >= 4 is 17.2 Å². The fourth-order valence-electron chi connectivity index (χ4n) is 2.71. The smallest absolute Gasteiger partial charge is 0.133 e. The Labute approximate surface area is 114 Å². The Balaban J connectivity index is 2.07. The van der Waals surface area contributed by atoms with Crippen LogP contribution in [0.25, 0.3) is 0 Å². The maximum absolute atomic E-state index is 5.86. The molecule has 0 bridgehead atoms. The van der Waals surface area contributed by atoms with Crippen molar-refractivity contribution in [1.29, 1.82) is 0 Å².